The van der Waals surface area contributed by atoms with Gasteiger partial charge in [0.05, 0.1) is 11.7 Å². The minimum absolute atomic E-state index is 0. The van der Waals surface area contributed by atoms with Gasteiger partial charge in [0.15, 0.2) is 5.13 Å². The lowest BCUT2D eigenvalue weighted by molar-refractivity contribution is -0.119. The van der Waals surface area contributed by atoms with E-state index in [1.54, 1.807) is 11.3 Å². The maximum absolute atomic E-state index is 12.1. The topological polar surface area (TPSA) is 68.0 Å². The molecule has 1 aliphatic rings. The lowest BCUT2D eigenvalue weighted by Gasteiger charge is -2.25. The van der Waals surface area contributed by atoms with Crippen LogP contribution in [0.1, 0.15) is 51.1 Å². The van der Waals surface area contributed by atoms with Crippen molar-refractivity contribution in [3.05, 3.63) is 10.6 Å². The predicted molar refractivity (Wildman–Crippen MR) is 91.2 cm³/mol. The quantitative estimate of drug-likeness (QED) is 0.892. The number of rotatable bonds is 3. The molecule has 6 heteroatoms. The number of anilines is 1. The Hall–Kier alpha value is -0.650. The molecular weight excluding hydrogens is 306 g/mol. The van der Waals surface area contributed by atoms with Crippen LogP contribution in [0.3, 0.4) is 0 Å². The molecule has 4 nitrogen and oxygen atoms in total. The Morgan fingerprint density at radius 3 is 2.76 bits per heavy atom. The Labute approximate surface area is 137 Å². The summed E-state index contributed by atoms with van der Waals surface area (Å²) in [6, 6.07) is -0.521. The highest BCUT2D eigenvalue weighted by atomic mass is 35.5. The van der Waals surface area contributed by atoms with Gasteiger partial charge in [-0.2, -0.15) is 0 Å². The zero-order valence-corrected chi connectivity index (χ0v) is 14.9. The number of aromatic nitrogens is 1. The van der Waals surface area contributed by atoms with Crippen molar-refractivity contribution in [3.63, 3.8) is 0 Å². The van der Waals surface area contributed by atoms with E-state index in [4.69, 9.17) is 5.73 Å². The number of hydrogen-bond donors (Lipinski definition) is 2. The highest BCUT2D eigenvalue weighted by molar-refractivity contribution is 7.15. The van der Waals surface area contributed by atoms with Crippen LogP contribution in [0.5, 0.6) is 0 Å². The van der Waals surface area contributed by atoms with Crippen molar-refractivity contribution in [2.24, 2.45) is 17.1 Å². The summed E-state index contributed by atoms with van der Waals surface area (Å²) >= 11 is 1.61. The molecule has 2 atom stereocenters. The fourth-order valence-corrected chi connectivity index (χ4v) is 3.55. The SMILES string of the molecule is CCC1CCc2nc(NC(=O)[C@@H](N)C(C)(C)C)sc2C1.Cl. The molecule has 0 saturated heterocycles. The Balaban J connectivity index is 0.00000220. The zero-order valence-electron chi connectivity index (χ0n) is 13.2. The van der Waals surface area contributed by atoms with Gasteiger partial charge in [-0.1, -0.05) is 34.1 Å². The van der Waals surface area contributed by atoms with Gasteiger partial charge in [-0.3, -0.25) is 4.79 Å². The minimum atomic E-state index is -0.521. The molecule has 1 unspecified atom stereocenters. The van der Waals surface area contributed by atoms with Crippen molar-refractivity contribution in [2.75, 3.05) is 5.32 Å². The third kappa shape index (κ3) is 4.41. The van der Waals surface area contributed by atoms with Gasteiger partial charge < -0.3 is 11.1 Å². The first-order valence-electron chi connectivity index (χ1n) is 7.36. The Morgan fingerprint density at radius 1 is 1.52 bits per heavy atom. The number of carbonyl (C=O) groups excluding carboxylic acids is 1. The third-order valence-electron chi connectivity index (χ3n) is 4.06. The maximum Gasteiger partial charge on any atom is 0.243 e. The van der Waals surface area contributed by atoms with Crippen LogP contribution >= 0.6 is 23.7 Å². The van der Waals surface area contributed by atoms with E-state index in [0.717, 1.165) is 18.8 Å². The van der Waals surface area contributed by atoms with Gasteiger partial charge >= 0.3 is 0 Å². The Kier molecular flexibility index (Phi) is 6.20. The van der Waals surface area contributed by atoms with Gasteiger partial charge in [-0.25, -0.2) is 4.98 Å². The molecule has 3 N–H and O–H groups in total. The fraction of sp³-hybridized carbons (Fsp3) is 0.733. The molecule has 0 aliphatic heterocycles. The van der Waals surface area contributed by atoms with Crippen LogP contribution in [-0.4, -0.2) is 16.9 Å². The normalized spacial score (nSPS) is 19.4. The number of hydrogen-bond acceptors (Lipinski definition) is 4. The summed E-state index contributed by atoms with van der Waals surface area (Å²) in [5.74, 6) is 0.624. The van der Waals surface area contributed by atoms with Crippen molar-refractivity contribution in [3.8, 4) is 0 Å². The molecule has 0 fully saturated rings. The van der Waals surface area contributed by atoms with Crippen molar-refractivity contribution >= 4 is 34.8 Å². The fourth-order valence-electron chi connectivity index (χ4n) is 2.42. The van der Waals surface area contributed by atoms with Crippen LogP contribution in [0.4, 0.5) is 5.13 Å². The molecule has 2 rings (SSSR count). The van der Waals surface area contributed by atoms with Crippen LogP contribution in [0.15, 0.2) is 0 Å². The van der Waals surface area contributed by atoms with Gasteiger partial charge in [0.1, 0.15) is 0 Å². The van der Waals surface area contributed by atoms with Crippen LogP contribution in [0.25, 0.3) is 0 Å². The average Bonchev–Trinajstić information content (AvgIpc) is 2.77. The molecule has 0 spiro atoms. The first-order valence-corrected chi connectivity index (χ1v) is 8.18. The smallest absolute Gasteiger partial charge is 0.243 e. The number of fused-ring (bicyclic) bond motifs is 1. The van der Waals surface area contributed by atoms with E-state index >= 15 is 0 Å². The molecule has 1 aromatic rings. The summed E-state index contributed by atoms with van der Waals surface area (Å²) in [4.78, 5) is 18.0. The van der Waals surface area contributed by atoms with E-state index in [0.29, 0.717) is 5.13 Å². The molecule has 0 radical (unpaired) electrons. The molecule has 1 heterocycles. The van der Waals surface area contributed by atoms with Gasteiger partial charge in [-0.05, 0) is 30.6 Å². The van der Waals surface area contributed by atoms with Gasteiger partial charge in [-0.15, -0.1) is 23.7 Å². The predicted octanol–water partition coefficient (Wildman–Crippen LogP) is 3.39. The molecule has 0 saturated carbocycles. The summed E-state index contributed by atoms with van der Waals surface area (Å²) in [6.07, 6.45) is 4.56. The number of nitrogens with zero attached hydrogens (tertiary/aromatic N) is 1. The molecule has 21 heavy (non-hydrogen) atoms. The van der Waals surface area contributed by atoms with E-state index in [1.165, 1.54) is 23.4 Å². The molecule has 1 aliphatic carbocycles. The molecule has 0 aromatic carbocycles. The number of thiazole rings is 1. The van der Waals surface area contributed by atoms with Gasteiger partial charge in [0.2, 0.25) is 5.91 Å². The van der Waals surface area contributed by atoms with Gasteiger partial charge in [0.25, 0.3) is 0 Å². The number of carbonyl (C=O) groups is 1. The van der Waals surface area contributed by atoms with Crippen LogP contribution in [-0.2, 0) is 17.6 Å². The van der Waals surface area contributed by atoms with E-state index in [1.807, 2.05) is 20.8 Å². The van der Waals surface area contributed by atoms with Crippen molar-refractivity contribution in [1.29, 1.82) is 0 Å². The largest absolute Gasteiger partial charge is 0.319 e. The summed E-state index contributed by atoms with van der Waals surface area (Å²) in [6.45, 7) is 8.14. The molecule has 1 aromatic heterocycles. The monoisotopic (exact) mass is 331 g/mol. The highest BCUT2D eigenvalue weighted by Crippen LogP contribution is 2.33. The second kappa shape index (κ2) is 7.07. The number of amides is 1. The van der Waals surface area contributed by atoms with Crippen molar-refractivity contribution in [2.45, 2.75) is 59.4 Å². The van der Waals surface area contributed by atoms with Crippen LogP contribution < -0.4 is 11.1 Å². The number of nitrogens with one attached hydrogen (secondary N) is 1. The van der Waals surface area contributed by atoms with Crippen LogP contribution in [0, 0.1) is 11.3 Å². The van der Waals surface area contributed by atoms with E-state index < -0.39 is 6.04 Å². The summed E-state index contributed by atoms with van der Waals surface area (Å²) < 4.78 is 0. The second-order valence-corrected chi connectivity index (χ2v) is 7.82. The van der Waals surface area contributed by atoms with E-state index in [2.05, 4.69) is 17.2 Å². The van der Waals surface area contributed by atoms with Gasteiger partial charge in [0, 0.05) is 4.88 Å². The van der Waals surface area contributed by atoms with Crippen molar-refractivity contribution < 1.29 is 4.79 Å². The summed E-state index contributed by atoms with van der Waals surface area (Å²) in [7, 11) is 0. The lowest BCUT2D eigenvalue weighted by Crippen LogP contribution is -2.45. The second-order valence-electron chi connectivity index (χ2n) is 6.74. The maximum atomic E-state index is 12.1. The molecular formula is C15H26ClN3OS. The first kappa shape index (κ1) is 18.4. The lowest BCUT2D eigenvalue weighted by atomic mass is 9.87. The third-order valence-corrected chi connectivity index (χ3v) is 5.10. The average molecular weight is 332 g/mol. The molecule has 120 valence electrons. The van der Waals surface area contributed by atoms with Crippen molar-refractivity contribution in [1.82, 2.24) is 4.98 Å². The molecule has 0 bridgehead atoms. The summed E-state index contributed by atoms with van der Waals surface area (Å²) in [5, 5.41) is 3.59. The number of halogens is 1. The summed E-state index contributed by atoms with van der Waals surface area (Å²) in [5.41, 5.74) is 6.90. The zero-order chi connectivity index (χ0) is 14.9. The minimum Gasteiger partial charge on any atom is -0.319 e. The Morgan fingerprint density at radius 2 is 2.19 bits per heavy atom. The number of aryl methyl sites for hydroxylation is 1. The highest BCUT2D eigenvalue weighted by Gasteiger charge is 2.29. The molecule has 1 amide bonds. The number of nitrogens with two attached hydrogens (primary N) is 1. The first-order chi connectivity index (χ1) is 9.31. The van der Waals surface area contributed by atoms with E-state index in [9.17, 15) is 4.79 Å². The Bertz CT molecular complexity index is 496. The standard InChI is InChI=1S/C15H25N3OS.ClH/c1-5-9-6-7-10-11(8-9)20-14(17-10)18-13(19)12(16)15(2,3)4;/h9,12H,5-8,16H2,1-4H3,(H,17,18,19);1H/t9?,12-;/m1./s1. The van der Waals surface area contributed by atoms with Crippen LogP contribution in [0.2, 0.25) is 0 Å². The van der Waals surface area contributed by atoms with E-state index in [-0.39, 0.29) is 23.7 Å².